The van der Waals surface area contributed by atoms with Gasteiger partial charge in [-0.1, -0.05) is 68.9 Å². The van der Waals surface area contributed by atoms with E-state index in [2.05, 4.69) is 70.8 Å². The molecule has 2 amide bonds. The number of nitrogens with zero attached hydrogens (tertiary/aromatic N) is 2. The Morgan fingerprint density at radius 1 is 0.806 bits per heavy atom. The lowest BCUT2D eigenvalue weighted by Crippen LogP contribution is -2.30. The molecule has 0 N–H and O–H groups in total. The second-order valence-corrected chi connectivity index (χ2v) is 13.7. The zero-order chi connectivity index (χ0) is 25.8. The van der Waals surface area contributed by atoms with Crippen molar-refractivity contribution in [2.45, 2.75) is 61.6 Å². The highest BCUT2D eigenvalue weighted by molar-refractivity contribution is 7.99. The van der Waals surface area contributed by atoms with Crippen molar-refractivity contribution < 1.29 is 14.0 Å². The molecule has 0 aromatic heterocycles. The van der Waals surface area contributed by atoms with Crippen LogP contribution in [0.1, 0.15) is 66.5 Å². The summed E-state index contributed by atoms with van der Waals surface area (Å²) in [5, 5.41) is 0.0855. The van der Waals surface area contributed by atoms with Crippen molar-refractivity contribution in [2.75, 3.05) is 11.9 Å². The van der Waals surface area contributed by atoms with Crippen molar-refractivity contribution in [1.82, 2.24) is 4.90 Å². The molecular weight excluding hydrogens is 484 g/mol. The van der Waals surface area contributed by atoms with Crippen LogP contribution in [0.15, 0.2) is 70.5 Å². The molecule has 5 nitrogen and oxygen atoms in total. The molecule has 184 valence electrons. The first-order valence-corrected chi connectivity index (χ1v) is 13.8. The summed E-state index contributed by atoms with van der Waals surface area (Å²) in [4.78, 5) is 31.9. The van der Waals surface area contributed by atoms with Gasteiger partial charge in [0.05, 0.1) is 34.6 Å². The van der Waals surface area contributed by atoms with Gasteiger partial charge in [-0.25, -0.2) is 0 Å². The maximum absolute atomic E-state index is 13.1. The van der Waals surface area contributed by atoms with E-state index in [4.69, 9.17) is 4.43 Å². The Morgan fingerprint density at radius 3 is 2.00 bits per heavy atom. The number of benzene rings is 3. The monoisotopic (exact) mass is 514 g/mol. The van der Waals surface area contributed by atoms with Gasteiger partial charge in [0, 0.05) is 16.8 Å². The van der Waals surface area contributed by atoms with E-state index in [0.717, 1.165) is 32.3 Å². The first-order chi connectivity index (χ1) is 17.0. The third kappa shape index (κ3) is 4.29. The van der Waals surface area contributed by atoms with Crippen LogP contribution < -0.4 is 4.90 Å². The highest BCUT2D eigenvalue weighted by Crippen LogP contribution is 2.52. The van der Waals surface area contributed by atoms with Crippen LogP contribution in [0.25, 0.3) is 0 Å². The van der Waals surface area contributed by atoms with Gasteiger partial charge in [-0.15, -0.1) is 0 Å². The number of amides is 2. The van der Waals surface area contributed by atoms with Gasteiger partial charge in [-0.3, -0.25) is 14.5 Å². The van der Waals surface area contributed by atoms with E-state index in [9.17, 15) is 9.59 Å². The van der Waals surface area contributed by atoms with Crippen LogP contribution in [-0.4, -0.2) is 33.5 Å². The number of carbonyl (C=O) groups is 2. The molecular formula is C29H30N2O3SSi. The summed E-state index contributed by atoms with van der Waals surface area (Å²) in [6, 6.07) is 19.5. The van der Waals surface area contributed by atoms with Gasteiger partial charge in [0.15, 0.2) is 0 Å². The lowest BCUT2D eigenvalue weighted by atomic mass is 9.97. The van der Waals surface area contributed by atoms with Crippen LogP contribution in [-0.2, 0) is 16.6 Å². The van der Waals surface area contributed by atoms with Gasteiger partial charge in [-0.05, 0) is 54.3 Å². The SMILES string of the molecule is CN1c2cccc(CN3C(=O)c4ccccc4C3=O)c2Sc2c1cccc2C(C)(C)O[Si]C(C)(C)C. The Kier molecular flexibility index (Phi) is 6.13. The largest absolute Gasteiger partial charge is 0.408 e. The van der Waals surface area contributed by atoms with Crippen LogP contribution in [0.5, 0.6) is 0 Å². The molecule has 5 rings (SSSR count). The van der Waals surface area contributed by atoms with Crippen molar-refractivity contribution in [2.24, 2.45) is 0 Å². The van der Waals surface area contributed by atoms with E-state index >= 15 is 0 Å². The summed E-state index contributed by atoms with van der Waals surface area (Å²) < 4.78 is 6.47. The summed E-state index contributed by atoms with van der Waals surface area (Å²) in [5.41, 5.74) is 4.75. The highest BCUT2D eigenvalue weighted by Gasteiger charge is 2.37. The average Bonchev–Trinajstić information content (AvgIpc) is 3.08. The number of hydrogen-bond acceptors (Lipinski definition) is 5. The standard InChI is InChI=1S/C29H30N2O3SSi/c1-28(2,3)36-34-29(4,5)21-14-10-16-23-25(21)35-24-18(11-9-15-22(24)30(23)6)17-31-26(32)19-12-7-8-13-20(19)27(31)33/h7-16H,17H2,1-6H3. The molecule has 3 aromatic carbocycles. The number of anilines is 2. The first-order valence-electron chi connectivity index (χ1n) is 12.1. The number of fused-ring (bicyclic) bond motifs is 3. The fourth-order valence-corrected chi connectivity index (χ4v) is 6.75. The molecule has 0 bridgehead atoms. The van der Waals surface area contributed by atoms with Gasteiger partial charge in [0.2, 0.25) is 9.76 Å². The Bertz CT molecular complexity index is 1340. The van der Waals surface area contributed by atoms with Gasteiger partial charge in [-0.2, -0.15) is 0 Å². The fourth-order valence-electron chi connectivity index (χ4n) is 4.57. The summed E-state index contributed by atoms with van der Waals surface area (Å²) in [6.45, 7) is 11.0. The van der Waals surface area contributed by atoms with Crippen molar-refractivity contribution in [3.05, 3.63) is 82.9 Å². The predicted molar refractivity (Wildman–Crippen MR) is 145 cm³/mol. The number of carbonyl (C=O) groups excluding carboxylic acids is 2. The fraction of sp³-hybridized carbons (Fsp3) is 0.310. The van der Waals surface area contributed by atoms with E-state index < -0.39 is 5.60 Å². The van der Waals surface area contributed by atoms with Crippen LogP contribution >= 0.6 is 11.8 Å². The highest BCUT2D eigenvalue weighted by atomic mass is 32.2. The van der Waals surface area contributed by atoms with Crippen molar-refractivity contribution >= 4 is 44.7 Å². The van der Waals surface area contributed by atoms with Gasteiger partial charge in [0.1, 0.15) is 0 Å². The molecule has 2 aliphatic rings. The molecule has 7 heteroatoms. The Hall–Kier alpha value is -2.87. The zero-order valence-electron chi connectivity index (χ0n) is 21.5. The second kappa shape index (κ2) is 8.90. The lowest BCUT2D eigenvalue weighted by molar-refractivity contribution is 0.0641. The predicted octanol–water partition coefficient (Wildman–Crippen LogP) is 6.80. The number of hydrogen-bond donors (Lipinski definition) is 0. The first kappa shape index (κ1) is 24.8. The Morgan fingerprint density at radius 2 is 1.39 bits per heavy atom. The summed E-state index contributed by atoms with van der Waals surface area (Å²) in [5.74, 6) is -0.470. The molecule has 2 heterocycles. The van der Waals surface area contributed by atoms with Crippen LogP contribution in [0.2, 0.25) is 5.04 Å². The van der Waals surface area contributed by atoms with Gasteiger partial charge >= 0.3 is 0 Å². The molecule has 0 saturated heterocycles. The normalized spacial score (nSPS) is 15.2. The van der Waals surface area contributed by atoms with Crippen LogP contribution in [0, 0.1) is 0 Å². The van der Waals surface area contributed by atoms with Gasteiger partial charge < -0.3 is 9.33 Å². The number of imide groups is 1. The lowest BCUT2D eigenvalue weighted by Gasteiger charge is -2.36. The number of rotatable bonds is 5. The molecule has 36 heavy (non-hydrogen) atoms. The topological polar surface area (TPSA) is 49.9 Å². The minimum absolute atomic E-state index is 0.0855. The summed E-state index contributed by atoms with van der Waals surface area (Å²) >= 11 is 1.70. The van der Waals surface area contributed by atoms with E-state index in [1.54, 1.807) is 36.0 Å². The van der Waals surface area contributed by atoms with E-state index in [1.165, 1.54) is 4.90 Å². The van der Waals surface area contributed by atoms with Crippen LogP contribution in [0.4, 0.5) is 11.4 Å². The quantitative estimate of drug-likeness (QED) is 0.277. The minimum Gasteiger partial charge on any atom is -0.408 e. The molecule has 0 unspecified atom stereocenters. The minimum atomic E-state index is -0.472. The average molecular weight is 515 g/mol. The van der Waals surface area contributed by atoms with Crippen molar-refractivity contribution in [3.8, 4) is 0 Å². The molecule has 0 atom stereocenters. The van der Waals surface area contributed by atoms with E-state index in [1.807, 2.05) is 12.1 Å². The molecule has 0 spiro atoms. The summed E-state index contributed by atoms with van der Waals surface area (Å²) in [7, 11) is 2.43. The maximum atomic E-state index is 13.1. The van der Waals surface area contributed by atoms with E-state index in [-0.39, 0.29) is 23.4 Å². The molecule has 0 saturated carbocycles. The smallest absolute Gasteiger partial charge is 0.261 e. The molecule has 2 radical (unpaired) electrons. The molecule has 3 aromatic rings. The Labute approximate surface area is 219 Å². The summed E-state index contributed by atoms with van der Waals surface area (Å²) in [6.07, 6.45) is 0. The zero-order valence-corrected chi connectivity index (χ0v) is 23.3. The molecule has 0 fully saturated rings. The van der Waals surface area contributed by atoms with E-state index in [0.29, 0.717) is 20.9 Å². The third-order valence-electron chi connectivity index (χ3n) is 6.46. The maximum Gasteiger partial charge on any atom is 0.261 e. The molecule has 0 aliphatic carbocycles. The van der Waals surface area contributed by atoms with Crippen molar-refractivity contribution in [1.29, 1.82) is 0 Å². The Balaban J connectivity index is 1.51. The third-order valence-corrected chi connectivity index (χ3v) is 9.00. The molecule has 2 aliphatic heterocycles. The van der Waals surface area contributed by atoms with Gasteiger partial charge in [0.25, 0.3) is 11.8 Å². The second-order valence-electron chi connectivity index (χ2n) is 10.8. The van der Waals surface area contributed by atoms with Crippen molar-refractivity contribution in [3.63, 3.8) is 0 Å². The van der Waals surface area contributed by atoms with Crippen LogP contribution in [0.3, 0.4) is 0 Å².